The molecule has 1 heterocycles. The Labute approximate surface area is 92.5 Å². The Hall–Kier alpha value is -0.570. The van der Waals surface area contributed by atoms with E-state index in [-0.39, 0.29) is 6.42 Å². The molecule has 2 unspecified atom stereocenters. The molecule has 0 aliphatic carbocycles. The van der Waals surface area contributed by atoms with E-state index in [0.717, 1.165) is 13.1 Å². The second-order valence-electron chi connectivity index (χ2n) is 4.63. The average molecular weight is 213 g/mol. The van der Waals surface area contributed by atoms with E-state index in [2.05, 4.69) is 18.7 Å². The van der Waals surface area contributed by atoms with Gasteiger partial charge in [0, 0.05) is 12.6 Å². The number of carboxylic acid groups (broad SMARTS) is 1. The number of carboxylic acids is 1. The van der Waals surface area contributed by atoms with Crippen molar-refractivity contribution in [1.29, 1.82) is 0 Å². The molecule has 1 saturated heterocycles. The molecule has 0 saturated carbocycles. The first kappa shape index (κ1) is 12.5. The Morgan fingerprint density at radius 2 is 2.27 bits per heavy atom. The Kier molecular flexibility index (Phi) is 5.09. The van der Waals surface area contributed by atoms with E-state index < -0.39 is 5.97 Å². The molecule has 1 N–H and O–H groups in total. The number of aliphatic carboxylic acids is 1. The van der Waals surface area contributed by atoms with Gasteiger partial charge >= 0.3 is 5.97 Å². The van der Waals surface area contributed by atoms with Gasteiger partial charge in [-0.15, -0.1) is 0 Å². The Morgan fingerprint density at radius 1 is 1.53 bits per heavy atom. The van der Waals surface area contributed by atoms with Gasteiger partial charge in [0.1, 0.15) is 0 Å². The minimum absolute atomic E-state index is 0.285. The highest BCUT2D eigenvalue weighted by molar-refractivity contribution is 5.66. The van der Waals surface area contributed by atoms with Crippen molar-refractivity contribution in [2.75, 3.05) is 13.1 Å². The standard InChI is InChI=1S/C12H23NO2/c1-3-10(2)11-6-4-5-8-13(11)9-7-12(14)15/h10-11H,3-9H2,1-2H3,(H,14,15). The maximum atomic E-state index is 10.6. The smallest absolute Gasteiger partial charge is 0.304 e. The van der Waals surface area contributed by atoms with Gasteiger partial charge in [-0.05, 0) is 25.3 Å². The van der Waals surface area contributed by atoms with Crippen LogP contribution in [-0.2, 0) is 4.79 Å². The highest BCUT2D eigenvalue weighted by atomic mass is 16.4. The van der Waals surface area contributed by atoms with Crippen molar-refractivity contribution in [2.24, 2.45) is 5.92 Å². The number of hydrogen-bond donors (Lipinski definition) is 1. The molecule has 1 fully saturated rings. The summed E-state index contributed by atoms with van der Waals surface area (Å²) in [7, 11) is 0. The molecule has 3 nitrogen and oxygen atoms in total. The number of hydrogen-bond acceptors (Lipinski definition) is 2. The minimum atomic E-state index is -0.677. The molecule has 1 aliphatic rings. The third-order valence-corrected chi connectivity index (χ3v) is 3.58. The van der Waals surface area contributed by atoms with Crippen molar-refractivity contribution in [3.05, 3.63) is 0 Å². The Morgan fingerprint density at radius 3 is 2.87 bits per heavy atom. The lowest BCUT2D eigenvalue weighted by molar-refractivity contribution is -0.137. The van der Waals surface area contributed by atoms with Crippen molar-refractivity contribution < 1.29 is 9.90 Å². The molecule has 88 valence electrons. The summed E-state index contributed by atoms with van der Waals surface area (Å²) in [6, 6.07) is 0.614. The van der Waals surface area contributed by atoms with E-state index in [1.807, 2.05) is 0 Å². The maximum Gasteiger partial charge on any atom is 0.304 e. The molecule has 1 rings (SSSR count). The lowest BCUT2D eigenvalue weighted by Gasteiger charge is -2.38. The van der Waals surface area contributed by atoms with Crippen molar-refractivity contribution in [3.63, 3.8) is 0 Å². The van der Waals surface area contributed by atoms with Crippen LogP contribution in [0.1, 0.15) is 46.0 Å². The lowest BCUT2D eigenvalue weighted by atomic mass is 9.90. The number of likely N-dealkylation sites (tertiary alicyclic amines) is 1. The molecule has 0 spiro atoms. The predicted octanol–water partition coefficient (Wildman–Crippen LogP) is 2.36. The van der Waals surface area contributed by atoms with Crippen molar-refractivity contribution >= 4 is 5.97 Å². The third-order valence-electron chi connectivity index (χ3n) is 3.58. The minimum Gasteiger partial charge on any atom is -0.481 e. The molecule has 0 bridgehead atoms. The van der Waals surface area contributed by atoms with Crippen LogP contribution in [0.25, 0.3) is 0 Å². The van der Waals surface area contributed by atoms with Crippen LogP contribution in [0.2, 0.25) is 0 Å². The summed E-state index contributed by atoms with van der Waals surface area (Å²) < 4.78 is 0. The molecule has 0 radical (unpaired) electrons. The van der Waals surface area contributed by atoms with Crippen LogP contribution < -0.4 is 0 Å². The van der Waals surface area contributed by atoms with Gasteiger partial charge in [0.05, 0.1) is 6.42 Å². The molecule has 1 aliphatic heterocycles. The van der Waals surface area contributed by atoms with E-state index >= 15 is 0 Å². The van der Waals surface area contributed by atoms with E-state index in [1.165, 1.54) is 25.7 Å². The first-order valence-corrected chi connectivity index (χ1v) is 6.11. The molecule has 0 aromatic rings. The van der Waals surface area contributed by atoms with Crippen LogP contribution in [0, 0.1) is 5.92 Å². The third kappa shape index (κ3) is 3.82. The van der Waals surface area contributed by atoms with Gasteiger partial charge in [-0.25, -0.2) is 0 Å². The van der Waals surface area contributed by atoms with Crippen LogP contribution in [0.5, 0.6) is 0 Å². The maximum absolute atomic E-state index is 10.6. The van der Waals surface area contributed by atoms with E-state index in [1.54, 1.807) is 0 Å². The number of nitrogens with zero attached hydrogens (tertiary/aromatic N) is 1. The molecule has 15 heavy (non-hydrogen) atoms. The largest absolute Gasteiger partial charge is 0.481 e. The van der Waals surface area contributed by atoms with E-state index in [4.69, 9.17) is 5.11 Å². The second-order valence-corrected chi connectivity index (χ2v) is 4.63. The van der Waals surface area contributed by atoms with Gasteiger partial charge in [-0.1, -0.05) is 26.7 Å². The van der Waals surface area contributed by atoms with E-state index in [0.29, 0.717) is 12.0 Å². The van der Waals surface area contributed by atoms with Gasteiger partial charge in [-0.2, -0.15) is 0 Å². The van der Waals surface area contributed by atoms with Crippen molar-refractivity contribution in [2.45, 2.75) is 52.0 Å². The van der Waals surface area contributed by atoms with Gasteiger partial charge in [-0.3, -0.25) is 9.69 Å². The summed E-state index contributed by atoms with van der Waals surface area (Å²) in [5.74, 6) is 0.0163. The van der Waals surface area contributed by atoms with Crippen molar-refractivity contribution in [3.8, 4) is 0 Å². The molecule has 2 atom stereocenters. The SMILES string of the molecule is CCC(C)C1CCCCN1CCC(=O)O. The molecule has 0 aromatic heterocycles. The van der Waals surface area contributed by atoms with Crippen molar-refractivity contribution in [1.82, 2.24) is 4.90 Å². The summed E-state index contributed by atoms with van der Waals surface area (Å²) in [6.45, 7) is 6.31. The molecule has 0 amide bonds. The summed E-state index contributed by atoms with van der Waals surface area (Å²) in [5.41, 5.74) is 0. The zero-order valence-corrected chi connectivity index (χ0v) is 9.91. The fourth-order valence-electron chi connectivity index (χ4n) is 2.45. The topological polar surface area (TPSA) is 40.5 Å². The molecule has 0 aromatic carbocycles. The number of rotatable bonds is 5. The van der Waals surface area contributed by atoms with Gasteiger partial charge in [0.2, 0.25) is 0 Å². The lowest BCUT2D eigenvalue weighted by Crippen LogP contribution is -2.44. The quantitative estimate of drug-likeness (QED) is 0.762. The van der Waals surface area contributed by atoms with Gasteiger partial charge in [0.15, 0.2) is 0 Å². The predicted molar refractivity (Wildman–Crippen MR) is 60.9 cm³/mol. The fourth-order valence-corrected chi connectivity index (χ4v) is 2.45. The summed E-state index contributed by atoms with van der Waals surface area (Å²) in [4.78, 5) is 12.9. The van der Waals surface area contributed by atoms with Gasteiger partial charge < -0.3 is 5.11 Å². The van der Waals surface area contributed by atoms with Crippen LogP contribution in [-0.4, -0.2) is 35.1 Å². The summed E-state index contributed by atoms with van der Waals surface area (Å²) in [5, 5.41) is 8.70. The van der Waals surface area contributed by atoms with Crippen LogP contribution in [0.4, 0.5) is 0 Å². The molecular weight excluding hydrogens is 190 g/mol. The fraction of sp³-hybridized carbons (Fsp3) is 0.917. The zero-order valence-electron chi connectivity index (χ0n) is 9.91. The monoisotopic (exact) mass is 213 g/mol. The normalized spacial score (nSPS) is 25.1. The average Bonchev–Trinajstić information content (AvgIpc) is 2.25. The highest BCUT2D eigenvalue weighted by Gasteiger charge is 2.26. The van der Waals surface area contributed by atoms with Crippen LogP contribution in [0.3, 0.4) is 0 Å². The second kappa shape index (κ2) is 6.11. The Bertz CT molecular complexity index is 206. The summed E-state index contributed by atoms with van der Waals surface area (Å²) in [6.07, 6.45) is 5.25. The zero-order chi connectivity index (χ0) is 11.3. The highest BCUT2D eigenvalue weighted by Crippen LogP contribution is 2.25. The first-order valence-electron chi connectivity index (χ1n) is 6.11. The van der Waals surface area contributed by atoms with Crippen LogP contribution in [0.15, 0.2) is 0 Å². The number of piperidine rings is 1. The van der Waals surface area contributed by atoms with Gasteiger partial charge in [0.25, 0.3) is 0 Å². The van der Waals surface area contributed by atoms with E-state index in [9.17, 15) is 4.79 Å². The number of carbonyl (C=O) groups is 1. The molecule has 3 heteroatoms. The summed E-state index contributed by atoms with van der Waals surface area (Å²) >= 11 is 0. The Balaban J connectivity index is 2.45. The molecular formula is C12H23NO2. The first-order chi connectivity index (χ1) is 7.15. The van der Waals surface area contributed by atoms with Crippen LogP contribution >= 0.6 is 0 Å².